The third kappa shape index (κ3) is 3.26. The smallest absolute Gasteiger partial charge is 0.254 e. The first-order valence-corrected chi connectivity index (χ1v) is 8.12. The minimum atomic E-state index is -0.0572. The Balaban J connectivity index is 1.65. The molecular weight excluding hydrogens is 314 g/mol. The molecule has 122 valence electrons. The second-order valence-corrected chi connectivity index (χ2v) is 6.32. The van der Waals surface area contributed by atoms with E-state index in [-0.39, 0.29) is 18.6 Å². The summed E-state index contributed by atoms with van der Waals surface area (Å²) in [4.78, 5) is 14.4. The molecule has 1 aromatic carbocycles. The van der Waals surface area contributed by atoms with Crippen LogP contribution in [-0.4, -0.2) is 28.3 Å². The molecule has 5 nitrogen and oxygen atoms in total. The van der Waals surface area contributed by atoms with Crippen molar-refractivity contribution >= 4 is 23.3 Å². The van der Waals surface area contributed by atoms with Crippen LogP contribution in [0.3, 0.4) is 0 Å². The van der Waals surface area contributed by atoms with E-state index in [1.807, 2.05) is 35.0 Å². The van der Waals surface area contributed by atoms with Crippen LogP contribution in [-0.2, 0) is 16.1 Å². The molecule has 6 heteroatoms. The molecule has 1 aliphatic rings. The van der Waals surface area contributed by atoms with Gasteiger partial charge in [-0.25, -0.2) is 4.68 Å². The van der Waals surface area contributed by atoms with Crippen molar-refractivity contribution in [3.05, 3.63) is 47.1 Å². The topological polar surface area (TPSA) is 47.4 Å². The lowest BCUT2D eigenvalue weighted by atomic mass is 10.1. The second kappa shape index (κ2) is 6.72. The van der Waals surface area contributed by atoms with Gasteiger partial charge < -0.3 is 4.74 Å². The normalized spacial score (nSPS) is 20.4. The van der Waals surface area contributed by atoms with E-state index in [2.05, 4.69) is 18.9 Å². The van der Waals surface area contributed by atoms with Gasteiger partial charge >= 0.3 is 0 Å². The number of carbonyl (C=O) groups excluding carboxylic acids is 1. The number of amides is 1. The maximum absolute atomic E-state index is 12.6. The molecule has 0 aliphatic carbocycles. The Bertz CT molecular complexity index is 701. The van der Waals surface area contributed by atoms with Gasteiger partial charge in [-0.15, -0.1) is 0 Å². The highest BCUT2D eigenvalue weighted by Crippen LogP contribution is 2.31. The van der Waals surface area contributed by atoms with E-state index in [0.29, 0.717) is 17.7 Å². The molecule has 0 bridgehead atoms. The Labute approximate surface area is 140 Å². The number of halogens is 1. The third-order valence-corrected chi connectivity index (χ3v) is 4.52. The lowest BCUT2D eigenvalue weighted by Crippen LogP contribution is -2.46. The van der Waals surface area contributed by atoms with Gasteiger partial charge in [0.2, 0.25) is 0 Å². The van der Waals surface area contributed by atoms with Crippen LogP contribution in [0.1, 0.15) is 31.9 Å². The molecule has 1 aromatic heterocycles. The van der Waals surface area contributed by atoms with Gasteiger partial charge in [-0.05, 0) is 31.9 Å². The van der Waals surface area contributed by atoms with Crippen molar-refractivity contribution < 1.29 is 9.53 Å². The Morgan fingerprint density at radius 3 is 2.87 bits per heavy atom. The maximum atomic E-state index is 12.6. The van der Waals surface area contributed by atoms with Crippen molar-refractivity contribution in [2.75, 3.05) is 11.5 Å². The number of fused-ring (bicyclic) bond motifs is 1. The predicted molar refractivity (Wildman–Crippen MR) is 89.6 cm³/mol. The molecule has 0 saturated heterocycles. The van der Waals surface area contributed by atoms with Gasteiger partial charge in [-0.3, -0.25) is 9.69 Å². The summed E-state index contributed by atoms with van der Waals surface area (Å²) in [6.45, 7) is 4.51. The highest BCUT2D eigenvalue weighted by atomic mass is 35.5. The van der Waals surface area contributed by atoms with E-state index in [1.165, 1.54) is 0 Å². The average molecular weight is 334 g/mol. The number of rotatable bonds is 4. The van der Waals surface area contributed by atoms with E-state index in [4.69, 9.17) is 16.3 Å². The lowest BCUT2D eigenvalue weighted by molar-refractivity contribution is -0.124. The van der Waals surface area contributed by atoms with Crippen LogP contribution in [0.4, 0.5) is 5.82 Å². The summed E-state index contributed by atoms with van der Waals surface area (Å²) in [5.41, 5.74) is 0.882. The zero-order chi connectivity index (χ0) is 16.4. The number of benzene rings is 1. The fraction of sp³-hybridized carbons (Fsp3) is 0.412. The average Bonchev–Trinajstić information content (AvgIpc) is 2.99. The highest BCUT2D eigenvalue weighted by molar-refractivity contribution is 6.31. The van der Waals surface area contributed by atoms with Crippen LogP contribution < -0.4 is 4.90 Å². The fourth-order valence-electron chi connectivity index (χ4n) is 3.07. The van der Waals surface area contributed by atoms with Crippen LogP contribution in [0.5, 0.6) is 0 Å². The Morgan fingerprint density at radius 2 is 2.09 bits per heavy atom. The number of aromatic nitrogens is 2. The van der Waals surface area contributed by atoms with Gasteiger partial charge in [0.05, 0.1) is 18.8 Å². The fourth-order valence-corrected chi connectivity index (χ4v) is 3.26. The minimum absolute atomic E-state index is 0.0229. The molecule has 1 amide bonds. The number of hydrogen-bond donors (Lipinski definition) is 0. The molecule has 2 aromatic rings. The first-order chi connectivity index (χ1) is 11.1. The molecule has 23 heavy (non-hydrogen) atoms. The second-order valence-electron chi connectivity index (χ2n) is 5.92. The van der Waals surface area contributed by atoms with Crippen LogP contribution >= 0.6 is 11.6 Å². The summed E-state index contributed by atoms with van der Waals surface area (Å²) in [5, 5.41) is 4.96. The number of carbonyl (C=O) groups is 1. The van der Waals surface area contributed by atoms with Crippen LogP contribution in [0.2, 0.25) is 5.02 Å². The van der Waals surface area contributed by atoms with E-state index >= 15 is 0 Å². The monoisotopic (exact) mass is 333 g/mol. The zero-order valence-electron chi connectivity index (χ0n) is 13.3. The Morgan fingerprint density at radius 1 is 1.30 bits per heavy atom. The Kier molecular flexibility index (Phi) is 4.68. The van der Waals surface area contributed by atoms with E-state index in [1.54, 1.807) is 11.1 Å². The van der Waals surface area contributed by atoms with Crippen molar-refractivity contribution in [3.8, 4) is 0 Å². The summed E-state index contributed by atoms with van der Waals surface area (Å²) in [7, 11) is 0. The molecule has 0 fully saturated rings. The van der Waals surface area contributed by atoms with Crippen LogP contribution in [0, 0.1) is 0 Å². The summed E-state index contributed by atoms with van der Waals surface area (Å²) < 4.78 is 7.47. The molecule has 0 unspecified atom stereocenters. The number of ether oxygens (including phenoxy) is 1. The summed E-state index contributed by atoms with van der Waals surface area (Å²) >= 11 is 6.09. The molecule has 0 spiro atoms. The molecule has 0 N–H and O–H groups in total. The standard InChI is InChI=1S/C17H20ClN3O2/c1-12-9-13(2)21-16(7-8-19-21)20(12)17(22)11-23-10-14-5-3-4-6-15(14)18/h3-8,12-13H,9-11H2,1-2H3/t12-,13+/m1/s1. The molecule has 2 heterocycles. The van der Waals surface area contributed by atoms with Crippen LogP contribution in [0.25, 0.3) is 0 Å². The quantitative estimate of drug-likeness (QED) is 0.861. The molecule has 0 radical (unpaired) electrons. The van der Waals surface area contributed by atoms with Gasteiger partial charge in [0.25, 0.3) is 5.91 Å². The van der Waals surface area contributed by atoms with E-state index < -0.39 is 0 Å². The van der Waals surface area contributed by atoms with Crippen LogP contribution in [0.15, 0.2) is 36.5 Å². The summed E-state index contributed by atoms with van der Waals surface area (Å²) in [6.07, 6.45) is 2.61. The Hall–Kier alpha value is -1.85. The zero-order valence-corrected chi connectivity index (χ0v) is 14.0. The van der Waals surface area contributed by atoms with Gasteiger partial charge in [-0.2, -0.15) is 5.10 Å². The highest BCUT2D eigenvalue weighted by Gasteiger charge is 2.32. The maximum Gasteiger partial charge on any atom is 0.254 e. The van der Waals surface area contributed by atoms with Crippen molar-refractivity contribution in [2.45, 2.75) is 39.0 Å². The lowest BCUT2D eigenvalue weighted by Gasteiger charge is -2.36. The first-order valence-electron chi connectivity index (χ1n) is 7.74. The number of anilines is 1. The molecular formula is C17H20ClN3O2. The molecule has 3 rings (SSSR count). The predicted octanol–water partition coefficient (Wildman–Crippen LogP) is 3.44. The summed E-state index contributed by atoms with van der Waals surface area (Å²) in [6, 6.07) is 9.78. The van der Waals surface area contributed by atoms with Gasteiger partial charge in [-0.1, -0.05) is 29.8 Å². The minimum Gasteiger partial charge on any atom is -0.367 e. The first kappa shape index (κ1) is 16.0. The van der Waals surface area contributed by atoms with Crippen molar-refractivity contribution in [3.63, 3.8) is 0 Å². The number of hydrogen-bond acceptors (Lipinski definition) is 3. The molecule has 0 saturated carbocycles. The summed E-state index contributed by atoms with van der Waals surface area (Å²) in [5.74, 6) is 0.779. The van der Waals surface area contributed by atoms with Gasteiger partial charge in [0.1, 0.15) is 12.4 Å². The van der Waals surface area contributed by atoms with Crippen molar-refractivity contribution in [1.82, 2.24) is 9.78 Å². The van der Waals surface area contributed by atoms with Gasteiger partial charge in [0, 0.05) is 17.1 Å². The van der Waals surface area contributed by atoms with Gasteiger partial charge in [0.15, 0.2) is 0 Å². The third-order valence-electron chi connectivity index (χ3n) is 4.15. The largest absolute Gasteiger partial charge is 0.367 e. The SMILES string of the molecule is C[C@@H]1C[C@H](C)n2nccc2N1C(=O)COCc1ccccc1Cl. The van der Waals surface area contributed by atoms with Crippen molar-refractivity contribution in [2.24, 2.45) is 0 Å². The van der Waals surface area contributed by atoms with Crippen molar-refractivity contribution in [1.29, 1.82) is 0 Å². The molecule has 2 atom stereocenters. The molecule has 1 aliphatic heterocycles. The number of nitrogens with zero attached hydrogens (tertiary/aromatic N) is 3. The van der Waals surface area contributed by atoms with E-state index in [0.717, 1.165) is 17.8 Å². The van der Waals surface area contributed by atoms with E-state index in [9.17, 15) is 4.79 Å².